The Morgan fingerprint density at radius 2 is 1.90 bits per heavy atom. The first-order valence-electron chi connectivity index (χ1n) is 2.45. The highest BCUT2D eigenvalue weighted by atomic mass is 35.5. The van der Waals surface area contributed by atoms with Gasteiger partial charge in [0.15, 0.2) is 0 Å². The van der Waals surface area contributed by atoms with Crippen LogP contribution >= 0.6 is 11.6 Å². The lowest BCUT2D eigenvalue weighted by Crippen LogP contribution is -1.80. The second kappa shape index (κ2) is 2.42. The zero-order valence-electron chi connectivity index (χ0n) is 4.74. The van der Waals surface area contributed by atoms with Gasteiger partial charge in [0.25, 0.3) is 0 Å². The lowest BCUT2D eigenvalue weighted by molar-refractivity contribution is 0.461. The van der Waals surface area contributed by atoms with Crippen molar-refractivity contribution in [2.45, 2.75) is 0 Å². The van der Waals surface area contributed by atoms with Gasteiger partial charge in [-0.25, -0.2) is 8.78 Å². The number of hydrogen-bond acceptors (Lipinski definition) is 1. The maximum Gasteiger partial charge on any atom is 0.148 e. The molecule has 1 N–H and O–H groups in total. The van der Waals surface area contributed by atoms with Gasteiger partial charge in [0.2, 0.25) is 0 Å². The van der Waals surface area contributed by atoms with Gasteiger partial charge in [-0.15, -0.1) is 0 Å². The molecule has 0 unspecified atom stereocenters. The molecule has 0 aliphatic carbocycles. The summed E-state index contributed by atoms with van der Waals surface area (Å²) in [5.41, 5.74) is 0. The van der Waals surface area contributed by atoms with Crippen LogP contribution in [-0.4, -0.2) is 5.11 Å². The maximum atomic E-state index is 12.3. The molecule has 0 bridgehead atoms. The molecule has 0 aromatic heterocycles. The fraction of sp³-hybridized carbons (Fsp3) is 0. The van der Waals surface area contributed by atoms with Crippen molar-refractivity contribution < 1.29 is 13.9 Å². The second-order valence-electron chi connectivity index (χ2n) is 1.72. The average Bonchev–Trinajstić information content (AvgIpc) is 1.82. The van der Waals surface area contributed by atoms with E-state index in [0.717, 1.165) is 6.07 Å². The van der Waals surface area contributed by atoms with Crippen LogP contribution in [0, 0.1) is 11.6 Å². The number of aromatic hydroxyl groups is 1. The molecular weight excluding hydrogens is 162 g/mol. The monoisotopic (exact) mass is 164 g/mol. The van der Waals surface area contributed by atoms with E-state index in [1.165, 1.54) is 0 Å². The van der Waals surface area contributed by atoms with Gasteiger partial charge in [-0.2, -0.15) is 0 Å². The van der Waals surface area contributed by atoms with Crippen molar-refractivity contribution in [3.63, 3.8) is 0 Å². The molecule has 0 radical (unpaired) electrons. The number of hydrogen-bond donors (Lipinski definition) is 1. The lowest BCUT2D eigenvalue weighted by atomic mass is 10.3. The molecule has 0 saturated heterocycles. The summed E-state index contributed by atoms with van der Waals surface area (Å²) in [5.74, 6) is -2.39. The van der Waals surface area contributed by atoms with Gasteiger partial charge in [0.1, 0.15) is 22.4 Å². The van der Waals surface area contributed by atoms with Crippen LogP contribution in [0.1, 0.15) is 0 Å². The molecule has 1 nitrogen and oxygen atoms in total. The largest absolute Gasteiger partial charge is 0.506 e. The minimum absolute atomic E-state index is 0.457. The van der Waals surface area contributed by atoms with Crippen LogP contribution in [0.2, 0.25) is 5.02 Å². The summed E-state index contributed by atoms with van der Waals surface area (Å²) in [6.07, 6.45) is 0. The van der Waals surface area contributed by atoms with Crippen LogP contribution < -0.4 is 0 Å². The zero-order valence-corrected chi connectivity index (χ0v) is 5.49. The topological polar surface area (TPSA) is 20.2 Å². The van der Waals surface area contributed by atoms with Crippen molar-refractivity contribution in [2.24, 2.45) is 0 Å². The molecule has 0 aliphatic rings. The molecule has 1 aromatic carbocycles. The number of benzene rings is 1. The Hall–Kier alpha value is -0.830. The van der Waals surface area contributed by atoms with Crippen LogP contribution in [0.25, 0.3) is 0 Å². The summed E-state index contributed by atoms with van der Waals surface area (Å²) in [6.45, 7) is 0. The number of rotatable bonds is 0. The molecule has 0 aliphatic heterocycles. The molecule has 10 heavy (non-hydrogen) atoms. The molecule has 4 heteroatoms. The third-order valence-corrected chi connectivity index (χ3v) is 1.35. The summed E-state index contributed by atoms with van der Waals surface area (Å²) >= 11 is 5.16. The lowest BCUT2D eigenvalue weighted by Gasteiger charge is -1.96. The highest BCUT2D eigenvalue weighted by Gasteiger charge is 2.06. The Balaban J connectivity index is 3.31. The second-order valence-corrected chi connectivity index (χ2v) is 2.10. The van der Waals surface area contributed by atoms with Gasteiger partial charge in [0.05, 0.1) is 0 Å². The maximum absolute atomic E-state index is 12.3. The van der Waals surface area contributed by atoms with E-state index in [1.807, 2.05) is 0 Å². The summed E-state index contributed by atoms with van der Waals surface area (Å²) < 4.78 is 24.5. The van der Waals surface area contributed by atoms with Gasteiger partial charge in [-0.3, -0.25) is 0 Å². The van der Waals surface area contributed by atoms with Crippen molar-refractivity contribution in [1.82, 2.24) is 0 Å². The minimum Gasteiger partial charge on any atom is -0.506 e. The third-order valence-electron chi connectivity index (χ3n) is 0.974. The van der Waals surface area contributed by atoms with Gasteiger partial charge in [-0.05, 0) is 0 Å². The first-order valence-corrected chi connectivity index (χ1v) is 2.82. The van der Waals surface area contributed by atoms with Crippen molar-refractivity contribution in [3.8, 4) is 5.75 Å². The van der Waals surface area contributed by atoms with E-state index in [0.29, 0.717) is 6.07 Å². The van der Waals surface area contributed by atoms with Gasteiger partial charge in [0, 0.05) is 12.1 Å². The molecule has 0 fully saturated rings. The molecule has 54 valence electrons. The molecule has 1 aromatic rings. The van der Waals surface area contributed by atoms with Gasteiger partial charge < -0.3 is 5.11 Å². The fourth-order valence-corrected chi connectivity index (χ4v) is 0.652. The summed E-state index contributed by atoms with van der Waals surface area (Å²) in [6, 6.07) is 1.34. The quantitative estimate of drug-likeness (QED) is 0.584. The van der Waals surface area contributed by atoms with E-state index >= 15 is 0 Å². The fourth-order valence-electron chi connectivity index (χ4n) is 0.542. The molecule has 0 amide bonds. The van der Waals surface area contributed by atoms with E-state index in [1.54, 1.807) is 0 Å². The SMILES string of the molecule is Oc1cc(F)cc(F)c1Cl. The Bertz CT molecular complexity index is 239. The first kappa shape index (κ1) is 7.28. The molecule has 0 saturated carbocycles. The van der Waals surface area contributed by atoms with Gasteiger partial charge in [-0.1, -0.05) is 11.6 Å². The van der Waals surface area contributed by atoms with E-state index in [9.17, 15) is 8.78 Å². The number of phenolic OH excluding ortho intramolecular Hbond substituents is 1. The molecular formula is C6H3ClF2O. The van der Waals surface area contributed by atoms with E-state index in [-0.39, 0.29) is 0 Å². The zero-order chi connectivity index (χ0) is 7.72. The van der Waals surface area contributed by atoms with Crippen molar-refractivity contribution in [1.29, 1.82) is 0 Å². The van der Waals surface area contributed by atoms with Crippen LogP contribution in [-0.2, 0) is 0 Å². The molecule has 1 rings (SSSR count). The molecule has 0 atom stereocenters. The smallest absolute Gasteiger partial charge is 0.148 e. The summed E-state index contributed by atoms with van der Waals surface area (Å²) in [7, 11) is 0. The highest BCUT2D eigenvalue weighted by molar-refractivity contribution is 6.32. The third kappa shape index (κ3) is 1.19. The number of phenols is 1. The van der Waals surface area contributed by atoms with E-state index in [2.05, 4.69) is 0 Å². The Morgan fingerprint density at radius 3 is 2.40 bits per heavy atom. The highest BCUT2D eigenvalue weighted by Crippen LogP contribution is 2.26. The Morgan fingerprint density at radius 1 is 1.30 bits per heavy atom. The molecule has 0 heterocycles. The average molecular weight is 165 g/mol. The van der Waals surface area contributed by atoms with Crippen molar-refractivity contribution >= 4 is 11.6 Å². The normalized spacial score (nSPS) is 9.90. The van der Waals surface area contributed by atoms with E-state index < -0.39 is 22.4 Å². The Labute approximate surface area is 60.9 Å². The van der Waals surface area contributed by atoms with Crippen LogP contribution in [0.5, 0.6) is 5.75 Å². The van der Waals surface area contributed by atoms with Crippen LogP contribution in [0.15, 0.2) is 12.1 Å². The van der Waals surface area contributed by atoms with Crippen molar-refractivity contribution in [2.75, 3.05) is 0 Å². The van der Waals surface area contributed by atoms with Gasteiger partial charge >= 0.3 is 0 Å². The number of halogens is 3. The predicted octanol–water partition coefficient (Wildman–Crippen LogP) is 2.32. The van der Waals surface area contributed by atoms with Crippen LogP contribution in [0.3, 0.4) is 0 Å². The molecule has 0 spiro atoms. The van der Waals surface area contributed by atoms with Crippen LogP contribution in [0.4, 0.5) is 8.78 Å². The van der Waals surface area contributed by atoms with Crippen molar-refractivity contribution in [3.05, 3.63) is 28.8 Å². The summed E-state index contributed by atoms with van der Waals surface area (Å²) in [4.78, 5) is 0. The minimum atomic E-state index is -0.959. The predicted molar refractivity (Wildman–Crippen MR) is 33.0 cm³/mol. The Kier molecular flexibility index (Phi) is 1.76. The first-order chi connectivity index (χ1) is 4.61. The standard InChI is InChI=1S/C6H3ClF2O/c7-6-4(9)1-3(8)2-5(6)10/h1-2,10H. The van der Waals surface area contributed by atoms with E-state index in [4.69, 9.17) is 16.7 Å². The summed E-state index contributed by atoms with van der Waals surface area (Å²) in [5, 5.41) is 8.21.